The van der Waals surface area contributed by atoms with Gasteiger partial charge in [0.2, 0.25) is 0 Å². The van der Waals surface area contributed by atoms with Crippen molar-refractivity contribution in [3.8, 4) is 0 Å². The van der Waals surface area contributed by atoms with E-state index in [1.807, 2.05) is 6.92 Å². The van der Waals surface area contributed by atoms with Gasteiger partial charge in [0.05, 0.1) is 18.8 Å². The van der Waals surface area contributed by atoms with E-state index >= 15 is 0 Å². The number of hydrogen-bond donors (Lipinski definition) is 0. The Balaban J connectivity index is 1.65. The fourth-order valence-corrected chi connectivity index (χ4v) is 2.82. The fraction of sp³-hybridized carbons (Fsp3) is 0.812. The van der Waals surface area contributed by atoms with Crippen LogP contribution in [-0.2, 0) is 14.3 Å². The van der Waals surface area contributed by atoms with Crippen LogP contribution >= 0.6 is 0 Å². The molecule has 0 spiro atoms. The summed E-state index contributed by atoms with van der Waals surface area (Å²) in [5, 5.41) is 0. The predicted molar refractivity (Wildman–Crippen MR) is 74.9 cm³/mol. The van der Waals surface area contributed by atoms with Crippen molar-refractivity contribution < 1.29 is 14.3 Å². The molecule has 3 nitrogen and oxygen atoms in total. The van der Waals surface area contributed by atoms with Gasteiger partial charge >= 0.3 is 5.97 Å². The van der Waals surface area contributed by atoms with Crippen LogP contribution in [0.2, 0.25) is 0 Å². The largest absolute Gasteiger partial charge is 0.462 e. The highest BCUT2D eigenvalue weighted by molar-refractivity contribution is 5.87. The molecule has 2 rings (SSSR count). The van der Waals surface area contributed by atoms with Gasteiger partial charge in [0.15, 0.2) is 0 Å². The summed E-state index contributed by atoms with van der Waals surface area (Å²) in [6.45, 7) is 4.61. The van der Waals surface area contributed by atoms with Crippen molar-refractivity contribution in [3.05, 3.63) is 11.6 Å². The summed E-state index contributed by atoms with van der Waals surface area (Å²) in [4.78, 5) is 11.8. The molecule has 1 heterocycles. The van der Waals surface area contributed by atoms with Crippen LogP contribution in [0.25, 0.3) is 0 Å². The molecule has 0 amide bonds. The molecule has 1 saturated heterocycles. The molecule has 0 aromatic heterocycles. The van der Waals surface area contributed by atoms with Gasteiger partial charge in [-0.1, -0.05) is 32.3 Å². The summed E-state index contributed by atoms with van der Waals surface area (Å²) in [5.41, 5.74) is 0.764. The average Bonchev–Trinajstić information content (AvgIpc) is 3.16. The third-order valence-electron chi connectivity index (χ3n) is 4.08. The molecule has 1 aliphatic carbocycles. The fourth-order valence-electron chi connectivity index (χ4n) is 2.82. The lowest BCUT2D eigenvalue weighted by atomic mass is 9.88. The number of unbranched alkanes of at least 4 members (excludes halogenated alkanes) is 3. The average molecular weight is 266 g/mol. The number of esters is 1. The number of rotatable bonds is 7. The van der Waals surface area contributed by atoms with Crippen LogP contribution in [0.4, 0.5) is 0 Å². The van der Waals surface area contributed by atoms with Gasteiger partial charge in [0.1, 0.15) is 0 Å². The van der Waals surface area contributed by atoms with Gasteiger partial charge in [-0.25, -0.2) is 4.79 Å². The van der Waals surface area contributed by atoms with Gasteiger partial charge in [-0.15, -0.1) is 0 Å². The smallest absolute Gasteiger partial charge is 0.333 e. The minimum Gasteiger partial charge on any atom is -0.462 e. The molecule has 108 valence electrons. The highest BCUT2D eigenvalue weighted by Gasteiger charge is 2.43. The SMILES string of the molecule is CCCCCCOC(=O)C(C)=CC1CCC2OC2C1. The van der Waals surface area contributed by atoms with E-state index in [0.717, 1.165) is 37.7 Å². The first kappa shape index (κ1) is 14.6. The van der Waals surface area contributed by atoms with Gasteiger partial charge in [0.25, 0.3) is 0 Å². The second-order valence-electron chi connectivity index (χ2n) is 5.83. The maximum Gasteiger partial charge on any atom is 0.333 e. The molecular formula is C16H26O3. The number of carbonyl (C=O) groups excluding carboxylic acids is 1. The van der Waals surface area contributed by atoms with Crippen LogP contribution in [0.5, 0.6) is 0 Å². The minimum atomic E-state index is -0.143. The molecule has 0 N–H and O–H groups in total. The van der Waals surface area contributed by atoms with Crippen molar-refractivity contribution in [1.29, 1.82) is 0 Å². The van der Waals surface area contributed by atoms with Crippen LogP contribution in [-0.4, -0.2) is 24.8 Å². The summed E-state index contributed by atoms with van der Waals surface area (Å²) in [6, 6.07) is 0. The highest BCUT2D eigenvalue weighted by atomic mass is 16.6. The Bertz CT molecular complexity index is 335. The molecule has 0 aromatic rings. The van der Waals surface area contributed by atoms with Crippen molar-refractivity contribution in [2.24, 2.45) is 5.92 Å². The lowest BCUT2D eigenvalue weighted by Gasteiger charge is -2.15. The lowest BCUT2D eigenvalue weighted by Crippen LogP contribution is -2.14. The molecule has 1 aliphatic heterocycles. The molecule has 3 heteroatoms. The Morgan fingerprint density at radius 1 is 1.26 bits per heavy atom. The quantitative estimate of drug-likeness (QED) is 0.306. The van der Waals surface area contributed by atoms with Gasteiger partial charge in [-0.3, -0.25) is 0 Å². The Labute approximate surface area is 116 Å². The van der Waals surface area contributed by atoms with Crippen LogP contribution in [0.15, 0.2) is 11.6 Å². The minimum absolute atomic E-state index is 0.143. The molecule has 1 saturated carbocycles. The zero-order valence-electron chi connectivity index (χ0n) is 12.2. The van der Waals surface area contributed by atoms with Crippen LogP contribution in [0.1, 0.15) is 58.8 Å². The summed E-state index contributed by atoms with van der Waals surface area (Å²) in [5.74, 6) is 0.353. The molecule has 0 bridgehead atoms. The topological polar surface area (TPSA) is 38.8 Å². The Morgan fingerprint density at radius 3 is 2.84 bits per heavy atom. The van der Waals surface area contributed by atoms with Crippen molar-refractivity contribution in [2.45, 2.75) is 71.0 Å². The Hall–Kier alpha value is -0.830. The molecule has 2 fully saturated rings. The second kappa shape index (κ2) is 7.09. The number of fused-ring (bicyclic) bond motifs is 1. The van der Waals surface area contributed by atoms with E-state index in [1.165, 1.54) is 12.8 Å². The zero-order valence-corrected chi connectivity index (χ0v) is 12.2. The van der Waals surface area contributed by atoms with E-state index in [-0.39, 0.29) is 5.97 Å². The monoisotopic (exact) mass is 266 g/mol. The van der Waals surface area contributed by atoms with Crippen LogP contribution in [0, 0.1) is 5.92 Å². The number of allylic oxidation sites excluding steroid dienone is 1. The third-order valence-corrected chi connectivity index (χ3v) is 4.08. The summed E-state index contributed by atoms with van der Waals surface area (Å²) >= 11 is 0. The van der Waals surface area contributed by atoms with Crippen molar-refractivity contribution in [2.75, 3.05) is 6.61 Å². The Kier molecular flexibility index (Phi) is 5.44. The van der Waals surface area contributed by atoms with E-state index < -0.39 is 0 Å². The van der Waals surface area contributed by atoms with Gasteiger partial charge < -0.3 is 9.47 Å². The summed E-state index contributed by atoms with van der Waals surface area (Å²) < 4.78 is 10.8. The maximum absolute atomic E-state index is 11.8. The summed E-state index contributed by atoms with van der Waals surface area (Å²) in [6.07, 6.45) is 11.0. The van der Waals surface area contributed by atoms with Crippen molar-refractivity contribution >= 4 is 5.97 Å². The standard InChI is InChI=1S/C16H26O3/c1-3-4-5-6-9-18-16(17)12(2)10-13-7-8-14-15(11-13)19-14/h10,13-15H,3-9,11H2,1-2H3. The number of ether oxygens (including phenoxy) is 2. The summed E-state index contributed by atoms with van der Waals surface area (Å²) in [7, 11) is 0. The molecule has 3 atom stereocenters. The molecule has 0 radical (unpaired) electrons. The molecule has 0 aromatic carbocycles. The third kappa shape index (κ3) is 4.64. The van der Waals surface area contributed by atoms with Crippen molar-refractivity contribution in [3.63, 3.8) is 0 Å². The van der Waals surface area contributed by atoms with E-state index in [4.69, 9.17) is 9.47 Å². The highest BCUT2D eigenvalue weighted by Crippen LogP contribution is 2.40. The van der Waals surface area contributed by atoms with Crippen LogP contribution in [0.3, 0.4) is 0 Å². The van der Waals surface area contributed by atoms with Gasteiger partial charge in [-0.2, -0.15) is 0 Å². The number of hydrogen-bond acceptors (Lipinski definition) is 3. The molecule has 2 aliphatic rings. The molecular weight excluding hydrogens is 240 g/mol. The maximum atomic E-state index is 11.8. The first-order valence-corrected chi connectivity index (χ1v) is 7.71. The van der Waals surface area contributed by atoms with E-state index in [1.54, 1.807) is 0 Å². The normalized spacial score (nSPS) is 29.8. The van der Waals surface area contributed by atoms with Gasteiger partial charge in [-0.05, 0) is 38.5 Å². The molecule has 19 heavy (non-hydrogen) atoms. The number of epoxide rings is 1. The first-order chi connectivity index (χ1) is 9.20. The number of carbonyl (C=O) groups is 1. The lowest BCUT2D eigenvalue weighted by molar-refractivity contribution is -0.139. The second-order valence-corrected chi connectivity index (χ2v) is 5.83. The van der Waals surface area contributed by atoms with E-state index in [0.29, 0.717) is 24.7 Å². The van der Waals surface area contributed by atoms with Crippen LogP contribution < -0.4 is 0 Å². The van der Waals surface area contributed by atoms with Crippen molar-refractivity contribution in [1.82, 2.24) is 0 Å². The molecule has 3 unspecified atom stereocenters. The zero-order chi connectivity index (χ0) is 13.7. The Morgan fingerprint density at radius 2 is 2.11 bits per heavy atom. The first-order valence-electron chi connectivity index (χ1n) is 7.71. The van der Waals surface area contributed by atoms with Gasteiger partial charge in [0, 0.05) is 5.57 Å². The van der Waals surface area contributed by atoms with E-state index in [9.17, 15) is 4.79 Å². The predicted octanol–water partition coefficient (Wildman–Crippen LogP) is 3.62. The van der Waals surface area contributed by atoms with E-state index in [2.05, 4.69) is 13.0 Å².